The summed E-state index contributed by atoms with van der Waals surface area (Å²) in [6.07, 6.45) is 0. The Labute approximate surface area is 108 Å². The van der Waals surface area contributed by atoms with Crippen molar-refractivity contribution in [2.24, 2.45) is 0 Å². The molecule has 1 aliphatic heterocycles. The molecule has 0 atom stereocenters. The molecule has 2 aromatic rings. The van der Waals surface area contributed by atoms with Crippen LogP contribution in [0.3, 0.4) is 0 Å². The van der Waals surface area contributed by atoms with Gasteiger partial charge in [-0.3, -0.25) is 0 Å². The molecule has 0 amide bonds. The number of morpholine rings is 1. The first-order valence-electron chi connectivity index (χ1n) is 6.33. The summed E-state index contributed by atoms with van der Waals surface area (Å²) in [5, 5.41) is 0. The number of anilines is 1. The Kier molecular flexibility index (Phi) is 3.29. The van der Waals surface area contributed by atoms with E-state index < -0.39 is 0 Å². The second-order valence-corrected chi connectivity index (χ2v) is 4.44. The van der Waals surface area contributed by atoms with Crippen molar-refractivity contribution in [3.8, 4) is 11.1 Å². The lowest BCUT2D eigenvalue weighted by atomic mass is 10.1. The van der Waals surface area contributed by atoms with Gasteiger partial charge in [-0.2, -0.15) is 0 Å². The summed E-state index contributed by atoms with van der Waals surface area (Å²) in [5.41, 5.74) is 3.73. The minimum Gasteiger partial charge on any atom is -0.378 e. The number of ether oxygens (including phenoxy) is 1. The van der Waals surface area contributed by atoms with Crippen LogP contribution in [0.5, 0.6) is 0 Å². The first kappa shape index (κ1) is 11.3. The quantitative estimate of drug-likeness (QED) is 0.797. The molecule has 91 valence electrons. The van der Waals surface area contributed by atoms with Crippen molar-refractivity contribution in [1.82, 2.24) is 0 Å². The fourth-order valence-electron chi connectivity index (χ4n) is 2.26. The van der Waals surface area contributed by atoms with E-state index in [0.717, 1.165) is 26.3 Å². The summed E-state index contributed by atoms with van der Waals surface area (Å²) >= 11 is 0. The van der Waals surface area contributed by atoms with Gasteiger partial charge in [0.05, 0.1) is 13.2 Å². The number of nitrogens with zero attached hydrogens (tertiary/aromatic N) is 1. The van der Waals surface area contributed by atoms with Gasteiger partial charge in [-0.15, -0.1) is 0 Å². The van der Waals surface area contributed by atoms with Crippen molar-refractivity contribution in [2.75, 3.05) is 31.2 Å². The van der Waals surface area contributed by atoms with Crippen LogP contribution >= 0.6 is 0 Å². The molecule has 0 spiro atoms. The van der Waals surface area contributed by atoms with E-state index in [1.165, 1.54) is 16.8 Å². The fraction of sp³-hybridized carbons (Fsp3) is 0.250. The molecule has 1 heterocycles. The van der Waals surface area contributed by atoms with Crippen LogP contribution in [-0.2, 0) is 4.74 Å². The number of rotatable bonds is 2. The van der Waals surface area contributed by atoms with Gasteiger partial charge in [-0.25, -0.2) is 0 Å². The molecule has 1 saturated heterocycles. The van der Waals surface area contributed by atoms with Gasteiger partial charge < -0.3 is 9.64 Å². The molecule has 1 aliphatic rings. The molecule has 3 rings (SSSR count). The molecule has 2 aromatic carbocycles. The Morgan fingerprint density at radius 1 is 0.944 bits per heavy atom. The maximum atomic E-state index is 5.37. The van der Waals surface area contributed by atoms with Gasteiger partial charge in [0.25, 0.3) is 0 Å². The number of benzene rings is 2. The topological polar surface area (TPSA) is 12.5 Å². The largest absolute Gasteiger partial charge is 0.378 e. The lowest BCUT2D eigenvalue weighted by Crippen LogP contribution is -2.36. The van der Waals surface area contributed by atoms with Crippen LogP contribution in [0.25, 0.3) is 11.1 Å². The zero-order chi connectivity index (χ0) is 12.2. The maximum absolute atomic E-state index is 5.37. The third-order valence-electron chi connectivity index (χ3n) is 3.28. The Morgan fingerprint density at radius 2 is 1.72 bits per heavy atom. The Bertz CT molecular complexity index is 486. The van der Waals surface area contributed by atoms with Crippen LogP contribution in [0.15, 0.2) is 48.5 Å². The van der Waals surface area contributed by atoms with E-state index >= 15 is 0 Å². The molecule has 0 N–H and O–H groups in total. The van der Waals surface area contributed by atoms with Gasteiger partial charge in [-0.1, -0.05) is 30.3 Å². The van der Waals surface area contributed by atoms with Gasteiger partial charge in [-0.05, 0) is 35.4 Å². The molecule has 2 heteroatoms. The normalized spacial score (nSPS) is 15.7. The highest BCUT2D eigenvalue weighted by Crippen LogP contribution is 2.23. The fourth-order valence-corrected chi connectivity index (χ4v) is 2.26. The molecular formula is C16H16NO. The molecule has 0 saturated carbocycles. The van der Waals surface area contributed by atoms with Crippen molar-refractivity contribution >= 4 is 5.69 Å². The second-order valence-electron chi connectivity index (χ2n) is 4.44. The van der Waals surface area contributed by atoms with Gasteiger partial charge in [0.15, 0.2) is 0 Å². The summed E-state index contributed by atoms with van der Waals surface area (Å²) in [7, 11) is 0. The van der Waals surface area contributed by atoms with Crippen molar-refractivity contribution in [3.05, 3.63) is 54.6 Å². The molecule has 0 unspecified atom stereocenters. The Morgan fingerprint density at radius 3 is 2.39 bits per heavy atom. The van der Waals surface area contributed by atoms with Gasteiger partial charge in [0.2, 0.25) is 0 Å². The highest BCUT2D eigenvalue weighted by molar-refractivity contribution is 5.66. The summed E-state index contributed by atoms with van der Waals surface area (Å²) in [5.74, 6) is 0. The highest BCUT2D eigenvalue weighted by Gasteiger charge is 2.10. The van der Waals surface area contributed by atoms with E-state index in [1.54, 1.807) is 0 Å². The summed E-state index contributed by atoms with van der Waals surface area (Å²) in [4.78, 5) is 2.37. The van der Waals surface area contributed by atoms with E-state index in [9.17, 15) is 0 Å². The Balaban J connectivity index is 1.80. The third kappa shape index (κ3) is 2.39. The van der Waals surface area contributed by atoms with Crippen LogP contribution in [0, 0.1) is 6.07 Å². The van der Waals surface area contributed by atoms with Crippen molar-refractivity contribution in [1.29, 1.82) is 0 Å². The molecule has 0 aromatic heterocycles. The van der Waals surface area contributed by atoms with E-state index in [1.807, 2.05) is 18.2 Å². The molecule has 0 aliphatic carbocycles. The first-order valence-corrected chi connectivity index (χ1v) is 6.33. The first-order chi connectivity index (χ1) is 8.93. The molecule has 1 fully saturated rings. The summed E-state index contributed by atoms with van der Waals surface area (Å²) in [6, 6.07) is 19.9. The number of hydrogen-bond donors (Lipinski definition) is 0. The lowest BCUT2D eigenvalue weighted by Gasteiger charge is -2.28. The highest BCUT2D eigenvalue weighted by atomic mass is 16.5. The lowest BCUT2D eigenvalue weighted by molar-refractivity contribution is 0.122. The molecule has 1 radical (unpaired) electrons. The molecular weight excluding hydrogens is 222 g/mol. The molecule has 0 bridgehead atoms. The minimum atomic E-state index is 0.829. The van der Waals surface area contributed by atoms with E-state index in [-0.39, 0.29) is 0 Å². The zero-order valence-corrected chi connectivity index (χ0v) is 10.3. The standard InChI is InChI=1S/C16H16NO/c1-2-4-14(5-3-1)15-6-8-16(9-7-15)17-10-12-18-13-11-17/h1-2,4-9H,10-13H2. The monoisotopic (exact) mass is 238 g/mol. The summed E-state index contributed by atoms with van der Waals surface area (Å²) in [6.45, 7) is 3.63. The smallest absolute Gasteiger partial charge is 0.0642 e. The molecule has 2 nitrogen and oxygen atoms in total. The third-order valence-corrected chi connectivity index (χ3v) is 3.28. The predicted octanol–water partition coefficient (Wildman–Crippen LogP) is 2.99. The summed E-state index contributed by atoms with van der Waals surface area (Å²) < 4.78 is 5.37. The van der Waals surface area contributed by atoms with Gasteiger partial charge in [0, 0.05) is 18.8 Å². The SMILES string of the molecule is [c]1cccc(-c2ccc(N3CCOCC3)cc2)c1. The van der Waals surface area contributed by atoms with Crippen molar-refractivity contribution in [2.45, 2.75) is 0 Å². The average molecular weight is 238 g/mol. The average Bonchev–Trinajstić information content (AvgIpc) is 2.49. The maximum Gasteiger partial charge on any atom is 0.0642 e. The van der Waals surface area contributed by atoms with E-state index in [2.05, 4.69) is 41.3 Å². The van der Waals surface area contributed by atoms with Crippen LogP contribution in [0.4, 0.5) is 5.69 Å². The van der Waals surface area contributed by atoms with Crippen molar-refractivity contribution in [3.63, 3.8) is 0 Å². The number of hydrogen-bond acceptors (Lipinski definition) is 2. The van der Waals surface area contributed by atoms with Crippen LogP contribution in [-0.4, -0.2) is 26.3 Å². The minimum absolute atomic E-state index is 0.829. The van der Waals surface area contributed by atoms with Gasteiger partial charge in [0.1, 0.15) is 0 Å². The molecule has 18 heavy (non-hydrogen) atoms. The van der Waals surface area contributed by atoms with E-state index in [0.29, 0.717) is 0 Å². The van der Waals surface area contributed by atoms with Crippen molar-refractivity contribution < 1.29 is 4.74 Å². The van der Waals surface area contributed by atoms with Gasteiger partial charge >= 0.3 is 0 Å². The van der Waals surface area contributed by atoms with Crippen LogP contribution < -0.4 is 4.90 Å². The Hall–Kier alpha value is -1.80. The predicted molar refractivity (Wildman–Crippen MR) is 73.7 cm³/mol. The van der Waals surface area contributed by atoms with E-state index in [4.69, 9.17) is 4.74 Å². The van der Waals surface area contributed by atoms with Crippen LogP contribution in [0.1, 0.15) is 0 Å². The second kappa shape index (κ2) is 5.23. The zero-order valence-electron chi connectivity index (χ0n) is 10.3. The van der Waals surface area contributed by atoms with Crippen LogP contribution in [0.2, 0.25) is 0 Å².